The molecule has 2 aromatic carbocycles. The molecule has 3 aromatic rings. The van der Waals surface area contributed by atoms with Gasteiger partial charge in [0, 0.05) is 17.6 Å². The molecule has 0 saturated heterocycles. The van der Waals surface area contributed by atoms with Crippen LogP contribution in [0.2, 0.25) is 0 Å². The molecule has 0 fully saturated rings. The number of hydrogen-bond acceptors (Lipinski definition) is 5. The first kappa shape index (κ1) is 25.1. The number of nitrogens with zero attached hydrogens (tertiary/aromatic N) is 2. The smallest absolute Gasteiger partial charge is 0.359 e. The summed E-state index contributed by atoms with van der Waals surface area (Å²) < 4.78 is 6.65. The van der Waals surface area contributed by atoms with Crippen molar-refractivity contribution in [2.45, 2.75) is 65.8 Å². The number of para-hydroxylation sites is 1. The van der Waals surface area contributed by atoms with E-state index in [4.69, 9.17) is 4.74 Å². The molecule has 0 spiro atoms. The van der Waals surface area contributed by atoms with Crippen LogP contribution in [0.1, 0.15) is 74.0 Å². The van der Waals surface area contributed by atoms with Crippen molar-refractivity contribution in [2.75, 3.05) is 11.9 Å². The third-order valence-corrected chi connectivity index (χ3v) is 5.81. The molecule has 34 heavy (non-hydrogen) atoms. The number of fused-ring (bicyclic) bond motifs is 1. The molecule has 0 aliphatic heterocycles. The van der Waals surface area contributed by atoms with E-state index in [1.54, 1.807) is 24.3 Å². The predicted molar refractivity (Wildman–Crippen MR) is 134 cm³/mol. The van der Waals surface area contributed by atoms with Crippen LogP contribution in [0.15, 0.2) is 47.3 Å². The van der Waals surface area contributed by atoms with Crippen molar-refractivity contribution >= 4 is 28.3 Å². The van der Waals surface area contributed by atoms with Crippen molar-refractivity contribution in [1.82, 2.24) is 9.78 Å². The Kier molecular flexibility index (Phi) is 8.57. The van der Waals surface area contributed by atoms with Gasteiger partial charge in [-0.1, -0.05) is 76.4 Å². The summed E-state index contributed by atoms with van der Waals surface area (Å²) in [4.78, 5) is 38.4. The van der Waals surface area contributed by atoms with Gasteiger partial charge in [0.25, 0.3) is 11.5 Å². The average Bonchev–Trinajstić information content (AvgIpc) is 2.82. The molecule has 1 aromatic heterocycles. The Hall–Kier alpha value is -3.48. The van der Waals surface area contributed by atoms with Crippen molar-refractivity contribution in [3.05, 3.63) is 69.6 Å². The second-order valence-corrected chi connectivity index (χ2v) is 8.80. The molecule has 0 atom stereocenters. The minimum absolute atomic E-state index is 0.0391. The third-order valence-electron chi connectivity index (χ3n) is 5.81. The zero-order valence-corrected chi connectivity index (χ0v) is 20.4. The van der Waals surface area contributed by atoms with E-state index in [1.807, 2.05) is 25.1 Å². The van der Waals surface area contributed by atoms with Crippen LogP contribution >= 0.6 is 0 Å². The van der Waals surface area contributed by atoms with Gasteiger partial charge in [0.1, 0.15) is 0 Å². The third kappa shape index (κ3) is 5.90. The van der Waals surface area contributed by atoms with Gasteiger partial charge in [-0.05, 0) is 36.5 Å². The lowest BCUT2D eigenvalue weighted by atomic mass is 9.98. The summed E-state index contributed by atoms with van der Waals surface area (Å²) in [6.07, 6.45) is 3.94. The van der Waals surface area contributed by atoms with E-state index < -0.39 is 18.5 Å². The number of anilines is 1. The molecule has 0 bridgehead atoms. The number of carbonyl (C=O) groups is 2. The summed E-state index contributed by atoms with van der Waals surface area (Å²) in [5, 5.41) is 8.01. The number of ether oxygens (including phenoxy) is 1. The largest absolute Gasteiger partial charge is 0.451 e. The van der Waals surface area contributed by atoms with Crippen LogP contribution in [-0.2, 0) is 16.1 Å². The van der Waals surface area contributed by atoms with E-state index in [-0.39, 0.29) is 17.2 Å². The van der Waals surface area contributed by atoms with Gasteiger partial charge in [-0.2, -0.15) is 5.10 Å². The van der Waals surface area contributed by atoms with Gasteiger partial charge in [0.2, 0.25) is 0 Å². The molecule has 1 heterocycles. The van der Waals surface area contributed by atoms with Gasteiger partial charge >= 0.3 is 5.97 Å². The van der Waals surface area contributed by atoms with Crippen molar-refractivity contribution in [2.24, 2.45) is 0 Å². The van der Waals surface area contributed by atoms with Gasteiger partial charge in [-0.25, -0.2) is 9.48 Å². The summed E-state index contributed by atoms with van der Waals surface area (Å²) in [7, 11) is 0. The van der Waals surface area contributed by atoms with E-state index in [1.165, 1.54) is 4.68 Å². The van der Waals surface area contributed by atoms with E-state index in [0.29, 0.717) is 17.3 Å². The highest BCUT2D eigenvalue weighted by atomic mass is 16.5. The fraction of sp³-hybridized carbons (Fsp3) is 0.407. The number of unbranched alkanes of at least 4 members (excludes halogenated alkanes) is 3. The molecular formula is C27H33N3O4. The number of nitrogens with one attached hydrogen (secondary N) is 1. The standard InChI is InChI=1S/C27H33N3O4/c1-5-6-7-10-16-30-26(32)22-14-9-8-13-21(22)25(29-30)27(33)34-17-23(31)28-24-19(4)12-11-15-20(24)18(2)3/h8-9,11-15,18H,5-7,10,16-17H2,1-4H3,(H,28,31). The van der Waals surface area contributed by atoms with Crippen molar-refractivity contribution < 1.29 is 14.3 Å². The average molecular weight is 464 g/mol. The van der Waals surface area contributed by atoms with E-state index >= 15 is 0 Å². The minimum Gasteiger partial charge on any atom is -0.451 e. The van der Waals surface area contributed by atoms with Crippen molar-refractivity contribution in [3.8, 4) is 0 Å². The maximum Gasteiger partial charge on any atom is 0.359 e. The molecule has 180 valence electrons. The lowest BCUT2D eigenvalue weighted by Gasteiger charge is -2.16. The first-order chi connectivity index (χ1) is 16.3. The van der Waals surface area contributed by atoms with Crippen LogP contribution in [0.5, 0.6) is 0 Å². The van der Waals surface area contributed by atoms with Crippen LogP contribution in [0.25, 0.3) is 10.8 Å². The lowest BCUT2D eigenvalue weighted by molar-refractivity contribution is -0.119. The summed E-state index contributed by atoms with van der Waals surface area (Å²) in [6.45, 7) is 8.13. The Labute approximate surface area is 200 Å². The zero-order chi connectivity index (χ0) is 24.7. The first-order valence-electron chi connectivity index (χ1n) is 11.9. The highest BCUT2D eigenvalue weighted by molar-refractivity contribution is 6.03. The molecule has 7 nitrogen and oxygen atoms in total. The minimum atomic E-state index is -0.734. The second kappa shape index (κ2) is 11.6. The number of aromatic nitrogens is 2. The lowest BCUT2D eigenvalue weighted by Crippen LogP contribution is -2.28. The number of aryl methyl sites for hydroxylation is 2. The normalized spacial score (nSPS) is 11.1. The maximum atomic E-state index is 12.9. The number of amides is 1. The van der Waals surface area contributed by atoms with Crippen molar-refractivity contribution in [1.29, 1.82) is 0 Å². The zero-order valence-electron chi connectivity index (χ0n) is 20.4. The summed E-state index contributed by atoms with van der Waals surface area (Å²) >= 11 is 0. The monoisotopic (exact) mass is 463 g/mol. The van der Waals surface area contributed by atoms with Gasteiger partial charge in [0.05, 0.1) is 5.39 Å². The quantitative estimate of drug-likeness (QED) is 0.329. The topological polar surface area (TPSA) is 90.3 Å². The number of esters is 1. The maximum absolute atomic E-state index is 12.9. The van der Waals surface area contributed by atoms with Crippen LogP contribution in [0.4, 0.5) is 5.69 Å². The fourth-order valence-electron chi connectivity index (χ4n) is 3.94. The second-order valence-electron chi connectivity index (χ2n) is 8.80. The predicted octanol–water partition coefficient (Wildman–Crippen LogP) is 5.20. The SMILES string of the molecule is CCCCCCn1nc(C(=O)OCC(=O)Nc2c(C)cccc2C(C)C)c2ccccc2c1=O. The molecular weight excluding hydrogens is 430 g/mol. The Morgan fingerprint density at radius 2 is 1.76 bits per heavy atom. The molecule has 0 aliphatic rings. The van der Waals surface area contributed by atoms with Crippen LogP contribution in [0.3, 0.4) is 0 Å². The Balaban J connectivity index is 1.78. The van der Waals surface area contributed by atoms with Gasteiger partial charge in [0.15, 0.2) is 12.3 Å². The summed E-state index contributed by atoms with van der Waals surface area (Å²) in [5.41, 5.74) is 2.50. The van der Waals surface area contributed by atoms with Gasteiger partial charge in [-0.3, -0.25) is 9.59 Å². The van der Waals surface area contributed by atoms with E-state index in [0.717, 1.165) is 42.5 Å². The van der Waals surface area contributed by atoms with E-state index in [9.17, 15) is 14.4 Å². The van der Waals surface area contributed by atoms with Gasteiger partial charge in [-0.15, -0.1) is 0 Å². The van der Waals surface area contributed by atoms with Crippen molar-refractivity contribution in [3.63, 3.8) is 0 Å². The molecule has 1 N–H and O–H groups in total. The Morgan fingerprint density at radius 3 is 2.47 bits per heavy atom. The molecule has 7 heteroatoms. The molecule has 0 unspecified atom stereocenters. The Morgan fingerprint density at radius 1 is 1.03 bits per heavy atom. The van der Waals surface area contributed by atoms with E-state index in [2.05, 4.69) is 31.2 Å². The molecule has 0 aliphatic carbocycles. The number of rotatable bonds is 10. The first-order valence-corrected chi connectivity index (χ1v) is 11.9. The highest BCUT2D eigenvalue weighted by Crippen LogP contribution is 2.27. The molecule has 0 radical (unpaired) electrons. The van der Waals surface area contributed by atoms with Crippen LogP contribution in [-0.4, -0.2) is 28.3 Å². The number of hydrogen-bond donors (Lipinski definition) is 1. The molecule has 1 amide bonds. The fourth-order valence-corrected chi connectivity index (χ4v) is 3.94. The van der Waals surface area contributed by atoms with Gasteiger partial charge < -0.3 is 10.1 Å². The summed E-state index contributed by atoms with van der Waals surface area (Å²) in [5.74, 6) is -0.934. The molecule has 3 rings (SSSR count). The highest BCUT2D eigenvalue weighted by Gasteiger charge is 2.20. The van der Waals surface area contributed by atoms with Crippen LogP contribution < -0.4 is 10.9 Å². The summed E-state index contributed by atoms with van der Waals surface area (Å²) in [6, 6.07) is 12.7. The molecule has 0 saturated carbocycles. The number of carbonyl (C=O) groups excluding carboxylic acids is 2. The Bertz CT molecular complexity index is 1230. The number of benzene rings is 2. The van der Waals surface area contributed by atoms with Crippen LogP contribution in [0, 0.1) is 6.92 Å².